The first-order valence-corrected chi connectivity index (χ1v) is 5.86. The molecule has 17 heavy (non-hydrogen) atoms. The summed E-state index contributed by atoms with van der Waals surface area (Å²) in [6, 6.07) is 0.0136. The minimum Gasteiger partial charge on any atom is -0.481 e. The zero-order valence-electron chi connectivity index (χ0n) is 9.70. The monoisotopic (exact) mass is 242 g/mol. The lowest BCUT2D eigenvalue weighted by Crippen LogP contribution is -2.47. The molecule has 1 aliphatic heterocycles. The van der Waals surface area contributed by atoms with E-state index >= 15 is 0 Å². The molecule has 2 amide bonds. The van der Waals surface area contributed by atoms with Crippen LogP contribution in [0.5, 0.6) is 0 Å². The summed E-state index contributed by atoms with van der Waals surface area (Å²) in [5.41, 5.74) is 0. The fraction of sp³-hybridized carbons (Fsp3) is 0.727. The van der Waals surface area contributed by atoms with Crippen LogP contribution in [-0.4, -0.2) is 35.5 Å². The smallest absolute Gasteiger partial charge is 0.303 e. The predicted molar refractivity (Wildman–Crippen MR) is 60.3 cm³/mol. The molecule has 6 heteroatoms. The predicted octanol–water partition coefficient (Wildman–Crippen LogP) is 0.0262. The minimum atomic E-state index is -0.833. The average Bonchev–Trinajstić information content (AvgIpc) is 2.27. The molecule has 1 fully saturated rings. The van der Waals surface area contributed by atoms with Crippen molar-refractivity contribution in [2.24, 2.45) is 0 Å². The molecule has 0 aromatic rings. The summed E-state index contributed by atoms with van der Waals surface area (Å²) < 4.78 is 0. The molecule has 0 radical (unpaired) electrons. The lowest BCUT2D eigenvalue weighted by Gasteiger charge is -2.23. The van der Waals surface area contributed by atoms with Gasteiger partial charge in [0, 0.05) is 31.8 Å². The maximum atomic E-state index is 11.5. The van der Waals surface area contributed by atoms with E-state index in [2.05, 4.69) is 10.6 Å². The van der Waals surface area contributed by atoms with Crippen LogP contribution in [0.2, 0.25) is 0 Å². The van der Waals surface area contributed by atoms with Gasteiger partial charge in [-0.2, -0.15) is 0 Å². The van der Waals surface area contributed by atoms with Crippen LogP contribution in [0, 0.1) is 0 Å². The second kappa shape index (κ2) is 6.88. The van der Waals surface area contributed by atoms with Gasteiger partial charge in [-0.05, 0) is 19.3 Å². The Bertz CT molecular complexity index is 294. The Labute approximate surface area is 99.8 Å². The standard InChI is InChI=1S/C11H18N2O4/c14-9-6-5-8(7-12-9)13-10(15)3-1-2-4-11(16)17/h8H,1-7H2,(H,12,14)(H,13,15)(H,16,17). The van der Waals surface area contributed by atoms with Crippen molar-refractivity contribution in [1.82, 2.24) is 10.6 Å². The highest BCUT2D eigenvalue weighted by Crippen LogP contribution is 2.04. The number of amides is 2. The van der Waals surface area contributed by atoms with Crippen LogP contribution in [0.15, 0.2) is 0 Å². The van der Waals surface area contributed by atoms with Gasteiger partial charge in [0.05, 0.1) is 0 Å². The maximum Gasteiger partial charge on any atom is 0.303 e. The Hall–Kier alpha value is -1.59. The van der Waals surface area contributed by atoms with Gasteiger partial charge in [0.1, 0.15) is 0 Å². The van der Waals surface area contributed by atoms with Gasteiger partial charge in [0.2, 0.25) is 11.8 Å². The third-order valence-corrected chi connectivity index (χ3v) is 2.68. The number of piperidine rings is 1. The number of carboxylic acids is 1. The number of carbonyl (C=O) groups excluding carboxylic acids is 2. The molecule has 0 aliphatic carbocycles. The number of rotatable bonds is 6. The summed E-state index contributed by atoms with van der Waals surface area (Å²) >= 11 is 0. The Morgan fingerprint density at radius 2 is 2.06 bits per heavy atom. The van der Waals surface area contributed by atoms with Gasteiger partial charge >= 0.3 is 5.97 Å². The molecule has 3 N–H and O–H groups in total. The first kappa shape index (κ1) is 13.5. The highest BCUT2D eigenvalue weighted by Gasteiger charge is 2.19. The maximum absolute atomic E-state index is 11.5. The van der Waals surface area contributed by atoms with E-state index < -0.39 is 5.97 Å². The summed E-state index contributed by atoms with van der Waals surface area (Å²) in [5.74, 6) is -0.881. The van der Waals surface area contributed by atoms with Gasteiger partial charge in [-0.1, -0.05) is 0 Å². The zero-order valence-corrected chi connectivity index (χ0v) is 9.70. The second-order valence-corrected chi connectivity index (χ2v) is 4.21. The molecular formula is C11H18N2O4. The van der Waals surface area contributed by atoms with Crippen molar-refractivity contribution in [2.75, 3.05) is 6.54 Å². The Morgan fingerprint density at radius 1 is 1.35 bits per heavy atom. The van der Waals surface area contributed by atoms with Crippen molar-refractivity contribution >= 4 is 17.8 Å². The fourth-order valence-corrected chi connectivity index (χ4v) is 1.72. The molecule has 1 saturated heterocycles. The normalized spacial score (nSPS) is 19.5. The van der Waals surface area contributed by atoms with E-state index in [1.165, 1.54) is 0 Å². The van der Waals surface area contributed by atoms with Crippen molar-refractivity contribution in [3.63, 3.8) is 0 Å². The molecule has 6 nitrogen and oxygen atoms in total. The number of carboxylic acid groups (broad SMARTS) is 1. The number of aliphatic carboxylic acids is 1. The number of hydrogen-bond acceptors (Lipinski definition) is 3. The summed E-state index contributed by atoms with van der Waals surface area (Å²) in [6.45, 7) is 0.486. The van der Waals surface area contributed by atoms with Crippen molar-refractivity contribution in [2.45, 2.75) is 44.6 Å². The van der Waals surface area contributed by atoms with Crippen LogP contribution in [0.25, 0.3) is 0 Å². The van der Waals surface area contributed by atoms with E-state index in [9.17, 15) is 14.4 Å². The van der Waals surface area contributed by atoms with E-state index in [4.69, 9.17) is 5.11 Å². The largest absolute Gasteiger partial charge is 0.481 e. The summed E-state index contributed by atoms with van der Waals surface area (Å²) in [6.07, 6.45) is 2.67. The van der Waals surface area contributed by atoms with Crippen molar-refractivity contribution in [3.8, 4) is 0 Å². The number of carbonyl (C=O) groups is 3. The number of unbranched alkanes of at least 4 members (excludes halogenated alkanes) is 1. The van der Waals surface area contributed by atoms with Gasteiger partial charge in [-0.15, -0.1) is 0 Å². The van der Waals surface area contributed by atoms with Gasteiger partial charge in [0.25, 0.3) is 0 Å². The summed E-state index contributed by atoms with van der Waals surface area (Å²) in [4.78, 5) is 32.6. The zero-order chi connectivity index (χ0) is 12.7. The first-order chi connectivity index (χ1) is 8.08. The van der Waals surface area contributed by atoms with Crippen LogP contribution in [0.1, 0.15) is 38.5 Å². The Balaban J connectivity index is 2.08. The minimum absolute atomic E-state index is 0.0136. The molecule has 0 saturated carbocycles. The summed E-state index contributed by atoms with van der Waals surface area (Å²) in [5, 5.41) is 13.9. The lowest BCUT2D eigenvalue weighted by molar-refractivity contribution is -0.137. The Kier molecular flexibility index (Phi) is 5.45. The van der Waals surface area contributed by atoms with E-state index in [1.54, 1.807) is 0 Å². The molecule has 1 rings (SSSR count). The molecular weight excluding hydrogens is 224 g/mol. The molecule has 0 aromatic carbocycles. The molecule has 1 heterocycles. The Morgan fingerprint density at radius 3 is 2.65 bits per heavy atom. The van der Waals surface area contributed by atoms with Crippen molar-refractivity contribution < 1.29 is 19.5 Å². The van der Waals surface area contributed by atoms with Gasteiger partial charge in [-0.25, -0.2) is 0 Å². The third-order valence-electron chi connectivity index (χ3n) is 2.68. The van der Waals surface area contributed by atoms with Crippen molar-refractivity contribution in [3.05, 3.63) is 0 Å². The molecule has 1 unspecified atom stereocenters. The molecule has 1 atom stereocenters. The molecule has 96 valence electrons. The lowest BCUT2D eigenvalue weighted by atomic mass is 10.1. The highest BCUT2D eigenvalue weighted by molar-refractivity contribution is 5.79. The quantitative estimate of drug-likeness (QED) is 0.572. The first-order valence-electron chi connectivity index (χ1n) is 5.86. The topological polar surface area (TPSA) is 95.5 Å². The molecule has 0 bridgehead atoms. The van der Waals surface area contributed by atoms with Crippen LogP contribution in [-0.2, 0) is 14.4 Å². The van der Waals surface area contributed by atoms with Crippen LogP contribution >= 0.6 is 0 Å². The van der Waals surface area contributed by atoms with Crippen LogP contribution in [0.4, 0.5) is 0 Å². The molecule has 0 spiro atoms. The number of hydrogen-bond donors (Lipinski definition) is 3. The van der Waals surface area contributed by atoms with Gasteiger partial charge in [0.15, 0.2) is 0 Å². The number of nitrogens with one attached hydrogen (secondary N) is 2. The van der Waals surface area contributed by atoms with E-state index in [-0.39, 0.29) is 24.3 Å². The molecule has 0 aromatic heterocycles. The van der Waals surface area contributed by atoms with Gasteiger partial charge < -0.3 is 15.7 Å². The van der Waals surface area contributed by atoms with E-state index in [0.29, 0.717) is 38.6 Å². The SMILES string of the molecule is O=C(O)CCCCC(=O)NC1CCC(=O)NC1. The van der Waals surface area contributed by atoms with Crippen LogP contribution in [0.3, 0.4) is 0 Å². The van der Waals surface area contributed by atoms with E-state index in [0.717, 1.165) is 0 Å². The van der Waals surface area contributed by atoms with E-state index in [1.807, 2.05) is 0 Å². The second-order valence-electron chi connectivity index (χ2n) is 4.21. The highest BCUT2D eigenvalue weighted by atomic mass is 16.4. The fourth-order valence-electron chi connectivity index (χ4n) is 1.72. The average molecular weight is 242 g/mol. The van der Waals surface area contributed by atoms with Crippen molar-refractivity contribution in [1.29, 1.82) is 0 Å². The molecule has 1 aliphatic rings. The third kappa shape index (κ3) is 5.89. The summed E-state index contributed by atoms with van der Waals surface area (Å²) in [7, 11) is 0. The van der Waals surface area contributed by atoms with Gasteiger partial charge in [-0.3, -0.25) is 14.4 Å². The van der Waals surface area contributed by atoms with Crippen LogP contribution < -0.4 is 10.6 Å².